The van der Waals surface area contributed by atoms with Gasteiger partial charge in [0.1, 0.15) is 28.8 Å². The highest BCUT2D eigenvalue weighted by Gasteiger charge is 2.52. The lowest BCUT2D eigenvalue weighted by molar-refractivity contribution is 0.0886. The Bertz CT molecular complexity index is 1240. The van der Waals surface area contributed by atoms with Crippen LogP contribution in [0.3, 0.4) is 0 Å². The van der Waals surface area contributed by atoms with Crippen molar-refractivity contribution < 1.29 is 18.9 Å². The van der Waals surface area contributed by atoms with Gasteiger partial charge >= 0.3 is 0 Å². The Morgan fingerprint density at radius 2 is 1.54 bits per heavy atom. The van der Waals surface area contributed by atoms with Crippen molar-refractivity contribution in [1.29, 1.82) is 0 Å². The van der Waals surface area contributed by atoms with E-state index in [-0.39, 0.29) is 11.5 Å². The molecule has 210 valence electrons. The second-order valence-electron chi connectivity index (χ2n) is 10.7. The molecule has 2 fully saturated rings. The Hall–Kier alpha value is -3.32. The molecule has 0 radical (unpaired) electrons. The summed E-state index contributed by atoms with van der Waals surface area (Å²) in [7, 11) is 6.89. The molecular weight excluding hydrogens is 490 g/mol. The van der Waals surface area contributed by atoms with Crippen LogP contribution in [0.2, 0.25) is 0 Å². The molecule has 0 aromatic heterocycles. The van der Waals surface area contributed by atoms with Crippen molar-refractivity contribution in [3.63, 3.8) is 0 Å². The molecular formula is C32H43N3O4. The summed E-state index contributed by atoms with van der Waals surface area (Å²) in [6.07, 6.45) is 6.94. The molecule has 2 aromatic carbocycles. The third-order valence-corrected chi connectivity index (χ3v) is 8.76. The molecule has 2 saturated heterocycles. The lowest BCUT2D eigenvalue weighted by Gasteiger charge is -2.45. The maximum absolute atomic E-state index is 5.86. The van der Waals surface area contributed by atoms with Gasteiger partial charge in [0.05, 0.1) is 34.0 Å². The van der Waals surface area contributed by atoms with E-state index in [2.05, 4.69) is 65.8 Å². The maximum atomic E-state index is 5.86. The molecule has 7 nitrogen and oxygen atoms in total. The Balaban J connectivity index is 1.46. The van der Waals surface area contributed by atoms with Gasteiger partial charge in [-0.3, -0.25) is 4.90 Å². The second-order valence-corrected chi connectivity index (χ2v) is 10.7. The topological polar surface area (TPSA) is 46.6 Å². The molecule has 2 aromatic rings. The fraction of sp³-hybridized carbons (Fsp3) is 0.500. The molecule has 0 N–H and O–H groups in total. The van der Waals surface area contributed by atoms with Crippen LogP contribution in [-0.4, -0.2) is 68.3 Å². The van der Waals surface area contributed by atoms with E-state index >= 15 is 0 Å². The van der Waals surface area contributed by atoms with Gasteiger partial charge in [-0.15, -0.1) is 0 Å². The number of likely N-dealkylation sites (tertiary alicyclic amines) is 1. The first kappa shape index (κ1) is 27.3. The van der Waals surface area contributed by atoms with E-state index < -0.39 is 0 Å². The molecule has 39 heavy (non-hydrogen) atoms. The minimum absolute atomic E-state index is 0.0210. The van der Waals surface area contributed by atoms with Gasteiger partial charge in [0.2, 0.25) is 0 Å². The molecule has 0 bridgehead atoms. The number of methoxy groups -OCH3 is 4. The average molecular weight is 534 g/mol. The number of piperidine rings is 1. The summed E-state index contributed by atoms with van der Waals surface area (Å²) in [5, 5.41) is 0. The van der Waals surface area contributed by atoms with Crippen molar-refractivity contribution in [1.82, 2.24) is 14.7 Å². The van der Waals surface area contributed by atoms with Gasteiger partial charge in [0.15, 0.2) is 0 Å². The van der Waals surface area contributed by atoms with E-state index in [0.717, 1.165) is 68.6 Å². The monoisotopic (exact) mass is 533 g/mol. The lowest BCUT2D eigenvalue weighted by atomic mass is 9.82. The minimum atomic E-state index is -0.0210. The van der Waals surface area contributed by atoms with Crippen LogP contribution >= 0.6 is 0 Å². The second kappa shape index (κ2) is 11.0. The van der Waals surface area contributed by atoms with Crippen LogP contribution in [0.1, 0.15) is 56.2 Å². The zero-order valence-corrected chi connectivity index (χ0v) is 24.5. The first-order valence-electron chi connectivity index (χ1n) is 14.0. The molecule has 3 aliphatic heterocycles. The van der Waals surface area contributed by atoms with Gasteiger partial charge in [-0.1, -0.05) is 13.0 Å². The van der Waals surface area contributed by atoms with Gasteiger partial charge in [-0.05, 0) is 62.1 Å². The molecule has 5 rings (SSSR count). The number of hydrogen-bond donors (Lipinski definition) is 0. The normalized spacial score (nSPS) is 21.4. The van der Waals surface area contributed by atoms with Gasteiger partial charge in [0.25, 0.3) is 0 Å². The smallest absolute Gasteiger partial charge is 0.126 e. The van der Waals surface area contributed by atoms with E-state index in [9.17, 15) is 0 Å². The van der Waals surface area contributed by atoms with Crippen LogP contribution in [0, 0.1) is 0 Å². The Labute approximate surface area is 233 Å². The zero-order chi connectivity index (χ0) is 27.7. The Kier molecular flexibility index (Phi) is 7.72. The van der Waals surface area contributed by atoms with Crippen LogP contribution in [0.15, 0.2) is 54.0 Å². The van der Waals surface area contributed by atoms with Gasteiger partial charge < -0.3 is 28.7 Å². The molecule has 0 amide bonds. The number of hydrogen-bond acceptors (Lipinski definition) is 7. The van der Waals surface area contributed by atoms with Crippen molar-refractivity contribution in [3.8, 4) is 23.0 Å². The third-order valence-electron chi connectivity index (χ3n) is 8.76. The van der Waals surface area contributed by atoms with Gasteiger partial charge in [-0.25, -0.2) is 0 Å². The van der Waals surface area contributed by atoms with E-state index in [1.165, 1.54) is 28.2 Å². The summed E-state index contributed by atoms with van der Waals surface area (Å²) in [6.45, 7) is 11.5. The highest BCUT2D eigenvalue weighted by atomic mass is 16.5. The minimum Gasteiger partial charge on any atom is -0.497 e. The summed E-state index contributed by atoms with van der Waals surface area (Å²) in [5.41, 5.74) is 5.16. The predicted octanol–water partition coefficient (Wildman–Crippen LogP) is 5.76. The molecule has 1 atom stereocenters. The summed E-state index contributed by atoms with van der Waals surface area (Å²) >= 11 is 0. The number of nitrogens with zero attached hydrogens (tertiary/aromatic N) is 3. The van der Waals surface area contributed by atoms with Crippen LogP contribution in [0.5, 0.6) is 23.0 Å². The summed E-state index contributed by atoms with van der Waals surface area (Å²) < 4.78 is 22.5. The SMILES string of the molecule is C/C=C1/N2Cc3cc(OC)cc(OC)c3[C@@H](C)C=C2C2(CCN(Cc3cc(OC)cc(OC)c3)CC2)N1CC. The molecule has 0 saturated carbocycles. The molecule has 0 unspecified atom stereocenters. The molecule has 3 heterocycles. The van der Waals surface area contributed by atoms with E-state index in [1.807, 2.05) is 12.1 Å². The van der Waals surface area contributed by atoms with Crippen LogP contribution < -0.4 is 18.9 Å². The Morgan fingerprint density at radius 3 is 2.10 bits per heavy atom. The van der Waals surface area contributed by atoms with Gasteiger partial charge in [-0.2, -0.15) is 0 Å². The summed E-state index contributed by atoms with van der Waals surface area (Å²) in [6, 6.07) is 10.4. The Morgan fingerprint density at radius 1 is 0.897 bits per heavy atom. The molecule has 3 aliphatic rings. The first-order valence-corrected chi connectivity index (χ1v) is 14.0. The maximum Gasteiger partial charge on any atom is 0.126 e. The molecule has 0 aliphatic carbocycles. The van der Waals surface area contributed by atoms with Crippen LogP contribution in [-0.2, 0) is 13.1 Å². The van der Waals surface area contributed by atoms with Crippen LogP contribution in [0.25, 0.3) is 0 Å². The highest BCUT2D eigenvalue weighted by molar-refractivity contribution is 5.53. The lowest BCUT2D eigenvalue weighted by Crippen LogP contribution is -2.52. The van der Waals surface area contributed by atoms with E-state index in [0.29, 0.717) is 0 Å². The number of rotatable bonds is 7. The first-order chi connectivity index (χ1) is 18.9. The predicted molar refractivity (Wildman–Crippen MR) is 155 cm³/mol. The van der Waals surface area contributed by atoms with Crippen molar-refractivity contribution in [2.24, 2.45) is 0 Å². The third kappa shape index (κ3) is 4.71. The average Bonchev–Trinajstić information content (AvgIpc) is 3.08. The number of ether oxygens (including phenoxy) is 4. The van der Waals surface area contributed by atoms with Crippen LogP contribution in [0.4, 0.5) is 0 Å². The van der Waals surface area contributed by atoms with Crippen molar-refractivity contribution in [2.75, 3.05) is 48.1 Å². The number of allylic oxidation sites excluding steroid dienone is 2. The van der Waals surface area contributed by atoms with E-state index in [1.54, 1.807) is 28.4 Å². The largest absolute Gasteiger partial charge is 0.497 e. The molecule has 1 spiro atoms. The van der Waals surface area contributed by atoms with Crippen molar-refractivity contribution >= 4 is 0 Å². The fourth-order valence-electron chi connectivity index (χ4n) is 6.97. The van der Waals surface area contributed by atoms with Crippen molar-refractivity contribution in [2.45, 2.75) is 58.2 Å². The molecule has 7 heteroatoms. The number of fused-ring (bicyclic) bond motifs is 3. The number of benzene rings is 2. The van der Waals surface area contributed by atoms with Crippen molar-refractivity contribution in [3.05, 3.63) is 70.7 Å². The number of likely N-dealkylation sites (N-methyl/N-ethyl adjacent to an activating group) is 1. The quantitative estimate of drug-likeness (QED) is 0.449. The summed E-state index contributed by atoms with van der Waals surface area (Å²) in [4.78, 5) is 7.77. The van der Waals surface area contributed by atoms with E-state index in [4.69, 9.17) is 18.9 Å². The zero-order valence-electron chi connectivity index (χ0n) is 24.5. The highest BCUT2D eigenvalue weighted by Crippen LogP contribution is 2.51. The fourth-order valence-corrected chi connectivity index (χ4v) is 6.97. The standard InChI is InChI=1S/C32H43N3O4/c1-8-30-34-21-24-17-27(38-6)19-28(39-7)31(24)22(3)14-29(34)32(35(30)9-2)10-12-33(13-11-32)20-23-15-25(36-4)18-26(16-23)37-5/h8,14-19,22H,9-13,20-21H2,1-7H3/b30-8-/t22-/m0/s1. The van der Waals surface area contributed by atoms with Gasteiger partial charge in [0, 0.05) is 62.0 Å². The summed E-state index contributed by atoms with van der Waals surface area (Å²) in [5.74, 6) is 4.95.